The summed E-state index contributed by atoms with van der Waals surface area (Å²) >= 11 is 0. The van der Waals surface area contributed by atoms with Crippen molar-refractivity contribution in [2.45, 2.75) is 0 Å². The van der Waals surface area contributed by atoms with Crippen LogP contribution in [0.4, 0.5) is 34.1 Å². The Hall–Kier alpha value is -13.4. The predicted molar refractivity (Wildman–Crippen MR) is 429 cm³/mol. The van der Waals surface area contributed by atoms with Crippen molar-refractivity contribution in [3.05, 3.63) is 370 Å². The summed E-state index contributed by atoms with van der Waals surface area (Å²) in [5, 5.41) is 7.03. The molecule has 0 saturated carbocycles. The maximum Gasteiger partial charge on any atom is 0.252 e. The molecule has 0 amide bonds. The van der Waals surface area contributed by atoms with Gasteiger partial charge >= 0.3 is 0 Å². The maximum atomic E-state index is 6.70. The minimum absolute atomic E-state index is 0.301. The monoisotopic (exact) mass is 1300 g/mol. The molecule has 19 aromatic rings. The van der Waals surface area contributed by atoms with Crippen LogP contribution >= 0.6 is 0 Å². The van der Waals surface area contributed by atoms with E-state index in [4.69, 9.17) is 4.42 Å². The molecule has 0 N–H and O–H groups in total. The first-order valence-electron chi connectivity index (χ1n) is 35.2. The minimum Gasteiger partial charge on any atom is -0.456 e. The highest BCUT2D eigenvalue weighted by Crippen LogP contribution is 2.55. The maximum absolute atomic E-state index is 6.70. The highest BCUT2D eigenvalue weighted by molar-refractivity contribution is 7.00. The third-order valence-electron chi connectivity index (χ3n) is 21.5. The summed E-state index contributed by atoms with van der Waals surface area (Å²) in [7, 11) is 0. The van der Waals surface area contributed by atoms with Crippen LogP contribution in [-0.2, 0) is 0 Å². The lowest BCUT2D eigenvalue weighted by Gasteiger charge is -2.46. The summed E-state index contributed by atoms with van der Waals surface area (Å²) in [5.74, 6) is 0. The van der Waals surface area contributed by atoms with Crippen LogP contribution in [0.3, 0.4) is 0 Å². The van der Waals surface area contributed by atoms with E-state index in [1.54, 1.807) is 0 Å². The van der Waals surface area contributed by atoms with Crippen molar-refractivity contribution in [1.29, 1.82) is 0 Å². The summed E-state index contributed by atoms with van der Waals surface area (Å²) in [4.78, 5) is 5.34. The third kappa shape index (κ3) is 8.86. The standard InChI is InChI=1S/C96H61BN4O/c1-6-27-62(28-7-1)72-42-24-43-73(63-29-8-2-9-30-63)95(72)100-86-56-53-68(71-41-26-50-92-93(71)80-40-19-23-49-91(80)102-92)57-82(86)97-81-55-52-67(66-51-54-79-78-39-18-20-46-83(78)98(87(79)58-66)69-35-14-5-15-36-69)59-88(81)101(96-74(64-31-10-3-11-32-64)44-25-45-75(96)65-33-12-4-13-34-65)90-61-70(60-89(100)94(90)97)99-84-47-21-16-37-76(84)77-38-17-22-48-85(77)99/h1-61H. The zero-order valence-corrected chi connectivity index (χ0v) is 55.5. The molecule has 0 radical (unpaired) electrons. The molecule has 5 nitrogen and oxygen atoms in total. The molecule has 0 spiro atoms. The van der Waals surface area contributed by atoms with Gasteiger partial charge in [-0.3, -0.25) is 0 Å². The molecule has 2 aliphatic rings. The number of benzene rings is 16. The topological polar surface area (TPSA) is 29.5 Å². The van der Waals surface area contributed by atoms with E-state index in [1.807, 2.05) is 0 Å². The van der Waals surface area contributed by atoms with Crippen LogP contribution in [0.15, 0.2) is 374 Å². The predicted octanol–water partition coefficient (Wildman–Crippen LogP) is 23.9. The summed E-state index contributed by atoms with van der Waals surface area (Å²) < 4.78 is 11.7. The highest BCUT2D eigenvalue weighted by Gasteiger charge is 2.46. The van der Waals surface area contributed by atoms with E-state index in [0.29, 0.717) is 0 Å². The van der Waals surface area contributed by atoms with Crippen LogP contribution < -0.4 is 26.2 Å². The average Bonchev–Trinajstić information content (AvgIpc) is 0.771. The Bertz CT molecular complexity index is 6410. The lowest BCUT2D eigenvalue weighted by atomic mass is 9.33. The first-order chi connectivity index (χ1) is 50.6. The molecule has 0 aliphatic carbocycles. The number of aromatic nitrogens is 2. The van der Waals surface area contributed by atoms with Crippen molar-refractivity contribution < 1.29 is 4.42 Å². The lowest BCUT2D eigenvalue weighted by Crippen LogP contribution is -2.61. The Labute approximate surface area is 590 Å². The molecular formula is C96H61BN4O. The second-order valence-corrected chi connectivity index (χ2v) is 27.0. The molecule has 0 fully saturated rings. The quantitative estimate of drug-likeness (QED) is 0.128. The van der Waals surface area contributed by atoms with Crippen LogP contribution in [0.1, 0.15) is 0 Å². The SMILES string of the molecule is c1ccc(-c2cccc(-c3ccccc3)c2N2c3ccc(-c4cccc5oc6ccccc6c45)cc3B3c4ccc(-c5ccc6c7ccccc7n(-c7ccccc7)c6c5)cc4N(c4c(-c5ccccc5)cccc4-c4ccccc4)c4cc(-n5c6ccccc6c6ccccc65)cc2c43)cc1. The van der Waals surface area contributed by atoms with Gasteiger partial charge < -0.3 is 23.4 Å². The van der Waals surface area contributed by atoms with Gasteiger partial charge in [-0.1, -0.05) is 297 Å². The van der Waals surface area contributed by atoms with Crippen molar-refractivity contribution >= 4 is 123 Å². The Morgan fingerprint density at radius 2 is 0.637 bits per heavy atom. The zero-order valence-electron chi connectivity index (χ0n) is 55.5. The Morgan fingerprint density at radius 3 is 1.19 bits per heavy atom. The highest BCUT2D eigenvalue weighted by atomic mass is 16.3. The molecule has 16 aromatic carbocycles. The minimum atomic E-state index is -0.301. The number of hydrogen-bond donors (Lipinski definition) is 0. The molecule has 3 aromatic heterocycles. The number of rotatable bonds is 10. The van der Waals surface area contributed by atoms with Crippen molar-refractivity contribution in [3.8, 4) is 78.1 Å². The molecule has 0 unspecified atom stereocenters. The van der Waals surface area contributed by atoms with Crippen molar-refractivity contribution in [2.24, 2.45) is 0 Å². The van der Waals surface area contributed by atoms with E-state index in [0.717, 1.165) is 151 Å². The van der Waals surface area contributed by atoms with Crippen molar-refractivity contribution in [2.75, 3.05) is 9.80 Å². The van der Waals surface area contributed by atoms with E-state index in [9.17, 15) is 0 Å². The Balaban J connectivity index is 0.938. The Morgan fingerprint density at radius 1 is 0.225 bits per heavy atom. The Kier molecular flexibility index (Phi) is 13.1. The lowest BCUT2D eigenvalue weighted by molar-refractivity contribution is 0.669. The fourth-order valence-electron chi connectivity index (χ4n) is 17.1. The van der Waals surface area contributed by atoms with Crippen LogP contribution in [0.25, 0.3) is 144 Å². The van der Waals surface area contributed by atoms with E-state index in [2.05, 4.69) is 389 Å². The normalized spacial score (nSPS) is 12.5. The second-order valence-electron chi connectivity index (χ2n) is 27.0. The van der Waals surface area contributed by atoms with Gasteiger partial charge in [0.25, 0.3) is 6.71 Å². The first-order valence-corrected chi connectivity index (χ1v) is 35.2. The van der Waals surface area contributed by atoms with E-state index < -0.39 is 0 Å². The molecule has 5 heterocycles. The summed E-state index contributed by atoms with van der Waals surface area (Å²) in [5.41, 5.74) is 32.1. The summed E-state index contributed by atoms with van der Waals surface area (Å²) in [6, 6.07) is 137. The number of furan rings is 1. The smallest absolute Gasteiger partial charge is 0.252 e. The molecule has 0 atom stereocenters. The molecule has 474 valence electrons. The summed E-state index contributed by atoms with van der Waals surface area (Å²) in [6.07, 6.45) is 0. The van der Waals surface area contributed by atoms with Crippen molar-refractivity contribution in [3.63, 3.8) is 0 Å². The first kappa shape index (κ1) is 57.6. The molecular weight excluding hydrogens is 1240 g/mol. The van der Waals surface area contributed by atoms with E-state index in [1.165, 1.54) is 43.5 Å². The molecule has 0 saturated heterocycles. The number of hydrogen-bond acceptors (Lipinski definition) is 3. The van der Waals surface area contributed by atoms with Crippen LogP contribution in [0.2, 0.25) is 0 Å². The summed E-state index contributed by atoms with van der Waals surface area (Å²) in [6.45, 7) is -0.301. The fraction of sp³-hybridized carbons (Fsp3) is 0. The van der Waals surface area contributed by atoms with Gasteiger partial charge in [0.15, 0.2) is 0 Å². The number of anilines is 6. The molecule has 0 bridgehead atoms. The van der Waals surface area contributed by atoms with Gasteiger partial charge in [-0.2, -0.15) is 0 Å². The number of para-hydroxylation sites is 7. The van der Waals surface area contributed by atoms with Crippen LogP contribution in [0, 0.1) is 0 Å². The molecule has 2 aliphatic heterocycles. The van der Waals surface area contributed by atoms with Gasteiger partial charge in [-0.15, -0.1) is 0 Å². The van der Waals surface area contributed by atoms with Gasteiger partial charge in [-0.25, -0.2) is 0 Å². The third-order valence-corrected chi connectivity index (χ3v) is 21.5. The van der Waals surface area contributed by atoms with Crippen LogP contribution in [-0.4, -0.2) is 15.8 Å². The van der Waals surface area contributed by atoms with E-state index in [-0.39, 0.29) is 6.71 Å². The zero-order chi connectivity index (χ0) is 66.9. The van der Waals surface area contributed by atoms with Gasteiger partial charge in [0, 0.05) is 83.0 Å². The van der Waals surface area contributed by atoms with Crippen molar-refractivity contribution in [1.82, 2.24) is 9.13 Å². The number of fused-ring (bicyclic) bond motifs is 13. The van der Waals surface area contributed by atoms with Crippen LogP contribution in [0.5, 0.6) is 0 Å². The van der Waals surface area contributed by atoms with E-state index >= 15 is 0 Å². The average molecular weight is 1300 g/mol. The molecule has 102 heavy (non-hydrogen) atoms. The molecule has 6 heteroatoms. The number of nitrogens with zero attached hydrogens (tertiary/aromatic N) is 4. The van der Waals surface area contributed by atoms with Gasteiger partial charge in [0.1, 0.15) is 11.2 Å². The van der Waals surface area contributed by atoms with Gasteiger partial charge in [0.2, 0.25) is 0 Å². The van der Waals surface area contributed by atoms with Gasteiger partial charge in [-0.05, 0) is 134 Å². The largest absolute Gasteiger partial charge is 0.456 e. The fourth-order valence-corrected chi connectivity index (χ4v) is 17.1. The molecule has 21 rings (SSSR count). The van der Waals surface area contributed by atoms with Gasteiger partial charge in [0.05, 0.1) is 39.1 Å². The second kappa shape index (κ2) is 23.1.